The summed E-state index contributed by atoms with van der Waals surface area (Å²) in [5.74, 6) is 0.522. The van der Waals surface area contributed by atoms with Crippen molar-refractivity contribution in [1.29, 1.82) is 0 Å². The summed E-state index contributed by atoms with van der Waals surface area (Å²) < 4.78 is 11.1. The standard InChI is InChI=1S/C19H24N2O3/c1-3-15-11-16(24-21-15)12-20-19(22)17-5-4-10-23-18(17)14-8-6-13(2)7-9-14/h6-9,11,17-18H,3-5,10,12H2,1-2H3,(H,20,22)/t17-,18-/m0/s1. The van der Waals surface area contributed by atoms with Crippen LogP contribution in [0, 0.1) is 12.8 Å². The number of benzene rings is 1. The van der Waals surface area contributed by atoms with Gasteiger partial charge in [-0.05, 0) is 31.7 Å². The first kappa shape index (κ1) is 16.7. The summed E-state index contributed by atoms with van der Waals surface area (Å²) in [4.78, 5) is 12.6. The Kier molecular flexibility index (Phi) is 5.30. The van der Waals surface area contributed by atoms with Crippen molar-refractivity contribution in [3.8, 4) is 0 Å². The first-order chi connectivity index (χ1) is 11.7. The van der Waals surface area contributed by atoms with Crippen molar-refractivity contribution in [2.45, 2.75) is 45.8 Å². The molecule has 1 N–H and O–H groups in total. The van der Waals surface area contributed by atoms with Crippen molar-refractivity contribution in [3.63, 3.8) is 0 Å². The van der Waals surface area contributed by atoms with E-state index in [1.165, 1.54) is 5.56 Å². The molecule has 1 amide bonds. The molecule has 0 radical (unpaired) electrons. The van der Waals surface area contributed by atoms with E-state index in [0.29, 0.717) is 18.9 Å². The van der Waals surface area contributed by atoms with E-state index < -0.39 is 0 Å². The number of aromatic nitrogens is 1. The van der Waals surface area contributed by atoms with E-state index in [9.17, 15) is 4.79 Å². The number of carbonyl (C=O) groups is 1. The third-order valence-electron chi connectivity index (χ3n) is 4.47. The number of nitrogens with one attached hydrogen (secondary N) is 1. The van der Waals surface area contributed by atoms with E-state index >= 15 is 0 Å². The highest BCUT2D eigenvalue weighted by molar-refractivity contribution is 5.79. The van der Waals surface area contributed by atoms with Gasteiger partial charge in [-0.15, -0.1) is 0 Å². The molecule has 0 bridgehead atoms. The summed E-state index contributed by atoms with van der Waals surface area (Å²) in [6, 6.07) is 10.1. The molecular formula is C19H24N2O3. The Labute approximate surface area is 142 Å². The van der Waals surface area contributed by atoms with Crippen LogP contribution in [0.1, 0.15) is 48.5 Å². The molecule has 2 heterocycles. The third kappa shape index (κ3) is 3.85. The van der Waals surface area contributed by atoms with Crippen molar-refractivity contribution in [3.05, 3.63) is 52.9 Å². The van der Waals surface area contributed by atoms with Crippen molar-refractivity contribution >= 4 is 5.91 Å². The molecule has 1 aliphatic heterocycles. The Balaban J connectivity index is 1.65. The Hall–Kier alpha value is -2.14. The number of carbonyl (C=O) groups excluding carboxylic acids is 1. The van der Waals surface area contributed by atoms with E-state index in [4.69, 9.17) is 9.26 Å². The van der Waals surface area contributed by atoms with Crippen LogP contribution in [0.3, 0.4) is 0 Å². The zero-order valence-corrected chi connectivity index (χ0v) is 14.2. The van der Waals surface area contributed by atoms with Gasteiger partial charge in [0, 0.05) is 12.7 Å². The second-order valence-corrected chi connectivity index (χ2v) is 6.31. The van der Waals surface area contributed by atoms with Crippen molar-refractivity contribution in [2.75, 3.05) is 6.61 Å². The fourth-order valence-corrected chi connectivity index (χ4v) is 3.05. The second-order valence-electron chi connectivity index (χ2n) is 6.31. The molecule has 5 nitrogen and oxygen atoms in total. The minimum Gasteiger partial charge on any atom is -0.373 e. The smallest absolute Gasteiger partial charge is 0.226 e. The number of hydrogen-bond acceptors (Lipinski definition) is 4. The number of nitrogens with zero attached hydrogens (tertiary/aromatic N) is 1. The average molecular weight is 328 g/mol. The molecule has 128 valence electrons. The normalized spacial score (nSPS) is 20.8. The van der Waals surface area contributed by atoms with Crippen molar-refractivity contribution in [1.82, 2.24) is 10.5 Å². The summed E-state index contributed by atoms with van der Waals surface area (Å²) >= 11 is 0. The quantitative estimate of drug-likeness (QED) is 0.914. The van der Waals surface area contributed by atoms with Gasteiger partial charge >= 0.3 is 0 Å². The molecule has 24 heavy (non-hydrogen) atoms. The van der Waals surface area contributed by atoms with Gasteiger partial charge in [0.25, 0.3) is 0 Å². The van der Waals surface area contributed by atoms with Crippen LogP contribution in [-0.2, 0) is 22.5 Å². The summed E-state index contributed by atoms with van der Waals surface area (Å²) in [5, 5.41) is 6.91. The summed E-state index contributed by atoms with van der Waals surface area (Å²) in [6.07, 6.45) is 2.38. The van der Waals surface area contributed by atoms with E-state index in [1.54, 1.807) is 0 Å². The summed E-state index contributed by atoms with van der Waals surface area (Å²) in [5.41, 5.74) is 3.17. The van der Waals surface area contributed by atoms with Gasteiger partial charge < -0.3 is 14.6 Å². The van der Waals surface area contributed by atoms with Gasteiger partial charge in [-0.2, -0.15) is 0 Å². The van der Waals surface area contributed by atoms with Crippen LogP contribution < -0.4 is 5.32 Å². The van der Waals surface area contributed by atoms with Gasteiger partial charge in [0.1, 0.15) is 0 Å². The maximum Gasteiger partial charge on any atom is 0.226 e. The molecule has 0 aliphatic carbocycles. The molecule has 2 aromatic rings. The van der Waals surface area contributed by atoms with Gasteiger partial charge in [-0.25, -0.2) is 0 Å². The Bertz CT molecular complexity index is 678. The van der Waals surface area contributed by atoms with Gasteiger partial charge in [0.2, 0.25) is 5.91 Å². The van der Waals surface area contributed by atoms with Crippen LogP contribution in [0.15, 0.2) is 34.9 Å². The third-order valence-corrected chi connectivity index (χ3v) is 4.47. The maximum atomic E-state index is 12.6. The van der Waals surface area contributed by atoms with Crippen LogP contribution in [0.4, 0.5) is 0 Å². The van der Waals surface area contributed by atoms with Crippen LogP contribution in [0.25, 0.3) is 0 Å². The number of aryl methyl sites for hydroxylation is 2. The van der Waals surface area contributed by atoms with Gasteiger partial charge in [0.15, 0.2) is 5.76 Å². The highest BCUT2D eigenvalue weighted by Gasteiger charge is 2.33. The topological polar surface area (TPSA) is 64.4 Å². The van der Waals surface area contributed by atoms with E-state index in [2.05, 4.69) is 41.7 Å². The molecule has 0 saturated carbocycles. The van der Waals surface area contributed by atoms with Crippen LogP contribution in [-0.4, -0.2) is 17.7 Å². The lowest BCUT2D eigenvalue weighted by Crippen LogP contribution is -2.37. The second kappa shape index (κ2) is 7.62. The highest BCUT2D eigenvalue weighted by atomic mass is 16.5. The molecule has 0 unspecified atom stereocenters. The Morgan fingerprint density at radius 1 is 1.33 bits per heavy atom. The summed E-state index contributed by atoms with van der Waals surface area (Å²) in [6.45, 7) is 5.14. The summed E-state index contributed by atoms with van der Waals surface area (Å²) in [7, 11) is 0. The number of ether oxygens (including phenoxy) is 1. The Morgan fingerprint density at radius 3 is 2.83 bits per heavy atom. The number of rotatable bonds is 5. The van der Waals surface area contributed by atoms with Crippen LogP contribution >= 0.6 is 0 Å². The van der Waals surface area contributed by atoms with Gasteiger partial charge in [-0.3, -0.25) is 4.79 Å². The van der Waals surface area contributed by atoms with E-state index in [0.717, 1.165) is 30.5 Å². The monoisotopic (exact) mass is 328 g/mol. The molecule has 0 spiro atoms. The molecule has 1 aromatic carbocycles. The van der Waals surface area contributed by atoms with E-state index in [-0.39, 0.29) is 17.9 Å². The number of amides is 1. The lowest BCUT2D eigenvalue weighted by molar-refractivity contribution is -0.135. The minimum absolute atomic E-state index is 0.00900. The zero-order chi connectivity index (χ0) is 16.9. The minimum atomic E-state index is -0.180. The van der Waals surface area contributed by atoms with Crippen molar-refractivity contribution in [2.24, 2.45) is 5.92 Å². The Morgan fingerprint density at radius 2 is 2.12 bits per heavy atom. The lowest BCUT2D eigenvalue weighted by atomic mass is 9.88. The fourth-order valence-electron chi connectivity index (χ4n) is 3.05. The molecule has 3 rings (SSSR count). The van der Waals surface area contributed by atoms with Crippen molar-refractivity contribution < 1.29 is 14.1 Å². The highest BCUT2D eigenvalue weighted by Crippen LogP contribution is 2.34. The predicted molar refractivity (Wildman–Crippen MR) is 90.3 cm³/mol. The largest absolute Gasteiger partial charge is 0.373 e. The first-order valence-corrected chi connectivity index (χ1v) is 8.57. The fraction of sp³-hybridized carbons (Fsp3) is 0.474. The molecule has 5 heteroatoms. The molecular weight excluding hydrogens is 304 g/mol. The zero-order valence-electron chi connectivity index (χ0n) is 14.2. The van der Waals surface area contributed by atoms with Gasteiger partial charge in [0.05, 0.1) is 24.3 Å². The number of hydrogen-bond donors (Lipinski definition) is 1. The van der Waals surface area contributed by atoms with Crippen LogP contribution in [0.2, 0.25) is 0 Å². The molecule has 1 aliphatic rings. The molecule has 2 atom stereocenters. The molecule has 1 aromatic heterocycles. The first-order valence-electron chi connectivity index (χ1n) is 8.57. The average Bonchev–Trinajstić information content (AvgIpc) is 3.08. The predicted octanol–water partition coefficient (Wildman–Crippen LogP) is 3.33. The lowest BCUT2D eigenvalue weighted by Gasteiger charge is -2.31. The molecule has 1 saturated heterocycles. The van der Waals surface area contributed by atoms with Gasteiger partial charge in [-0.1, -0.05) is 41.9 Å². The van der Waals surface area contributed by atoms with Crippen LogP contribution in [0.5, 0.6) is 0 Å². The van der Waals surface area contributed by atoms with E-state index in [1.807, 2.05) is 13.0 Å². The maximum absolute atomic E-state index is 12.6. The SMILES string of the molecule is CCc1cc(CNC(=O)[C@H]2CCCO[C@H]2c2ccc(C)cc2)on1. The molecule has 1 fully saturated rings.